The molecule has 0 radical (unpaired) electrons. The maximum Gasteiger partial charge on any atom is 0.437 e. The molecule has 2 aromatic heterocycles. The maximum absolute atomic E-state index is 13.0. The normalized spacial score (nSPS) is 11.0. The first-order chi connectivity index (χ1) is 14.4. The Hall–Kier alpha value is -3.52. The lowest BCUT2D eigenvalue weighted by Crippen LogP contribution is -2.23. The van der Waals surface area contributed by atoms with E-state index in [1.54, 1.807) is 6.07 Å². The minimum atomic E-state index is -0.827. The summed E-state index contributed by atoms with van der Waals surface area (Å²) in [5, 5.41) is 5.05. The predicted molar refractivity (Wildman–Crippen MR) is 107 cm³/mol. The average molecular weight is 428 g/mol. The average Bonchev–Trinajstić information content (AvgIpc) is 3.07. The van der Waals surface area contributed by atoms with E-state index < -0.39 is 24.1 Å². The zero-order chi connectivity index (χ0) is 21.3. The Bertz CT molecular complexity index is 1300. The molecule has 0 aliphatic carbocycles. The minimum Gasteiger partial charge on any atom is -0.459 e. The first-order valence-electron chi connectivity index (χ1n) is 8.94. The van der Waals surface area contributed by atoms with E-state index in [0.29, 0.717) is 11.1 Å². The number of rotatable bonds is 5. The number of ether oxygens (including phenoxy) is 1. The van der Waals surface area contributed by atoms with Crippen molar-refractivity contribution in [2.24, 2.45) is 0 Å². The van der Waals surface area contributed by atoms with Gasteiger partial charge in [0.25, 0.3) is 0 Å². The van der Waals surface area contributed by atoms with Gasteiger partial charge in [-0.15, -0.1) is 5.10 Å². The Morgan fingerprint density at radius 2 is 1.97 bits per heavy atom. The first kappa shape index (κ1) is 19.8. The van der Waals surface area contributed by atoms with Gasteiger partial charge < -0.3 is 9.15 Å². The van der Waals surface area contributed by atoms with Crippen LogP contribution >= 0.6 is 11.6 Å². The fourth-order valence-electron chi connectivity index (χ4n) is 2.84. The van der Waals surface area contributed by atoms with Gasteiger partial charge in [0.15, 0.2) is 0 Å². The number of benzene rings is 2. The summed E-state index contributed by atoms with van der Waals surface area (Å²) >= 11 is 6.20. The number of fused-ring (bicyclic) bond motifs is 1. The van der Waals surface area contributed by atoms with Crippen LogP contribution in [0.15, 0.2) is 57.7 Å². The van der Waals surface area contributed by atoms with Gasteiger partial charge in [0.2, 0.25) is 5.89 Å². The summed E-state index contributed by atoms with van der Waals surface area (Å²) in [6.07, 6.45) is 0. The number of hydrogen-bond donors (Lipinski definition) is 0. The number of nitrogens with zero attached hydrogens (tertiary/aromatic N) is 3. The third-order valence-corrected chi connectivity index (χ3v) is 4.69. The zero-order valence-corrected chi connectivity index (χ0v) is 16.5. The quantitative estimate of drug-likeness (QED) is 0.354. The highest BCUT2D eigenvalue weighted by Crippen LogP contribution is 2.22. The Kier molecular flexibility index (Phi) is 5.33. The lowest BCUT2D eigenvalue weighted by atomic mass is 10.1. The molecule has 0 aliphatic rings. The molecular formula is C21H15ClFN3O4. The van der Waals surface area contributed by atoms with E-state index >= 15 is 0 Å². The summed E-state index contributed by atoms with van der Waals surface area (Å²) in [7, 11) is 0. The molecular weight excluding hydrogens is 413 g/mol. The van der Waals surface area contributed by atoms with Crippen LogP contribution in [0.25, 0.3) is 22.4 Å². The van der Waals surface area contributed by atoms with E-state index in [-0.39, 0.29) is 17.7 Å². The predicted octanol–water partition coefficient (Wildman–Crippen LogP) is 3.90. The second-order valence-corrected chi connectivity index (χ2v) is 6.99. The molecule has 0 saturated heterocycles. The van der Waals surface area contributed by atoms with Crippen molar-refractivity contribution in [2.75, 3.05) is 0 Å². The number of esters is 1. The lowest BCUT2D eigenvalue weighted by Gasteiger charge is -2.08. The van der Waals surface area contributed by atoms with Gasteiger partial charge in [0.05, 0.1) is 5.52 Å². The smallest absolute Gasteiger partial charge is 0.437 e. The molecule has 0 amide bonds. The van der Waals surface area contributed by atoms with Crippen LogP contribution in [0.1, 0.15) is 11.1 Å². The molecule has 7 nitrogen and oxygen atoms in total. The Morgan fingerprint density at radius 1 is 1.20 bits per heavy atom. The van der Waals surface area contributed by atoms with Crippen molar-refractivity contribution in [3.63, 3.8) is 0 Å². The van der Waals surface area contributed by atoms with Crippen molar-refractivity contribution in [1.29, 1.82) is 0 Å². The van der Waals surface area contributed by atoms with Gasteiger partial charge in [-0.2, -0.15) is 4.68 Å². The number of carbonyl (C=O) groups is 1. The largest absolute Gasteiger partial charge is 0.459 e. The molecule has 0 spiro atoms. The fraction of sp³-hybridized carbons (Fsp3) is 0.143. The molecule has 0 saturated carbocycles. The summed E-state index contributed by atoms with van der Waals surface area (Å²) in [5.74, 6) is -1.98. The Balaban J connectivity index is 1.45. The summed E-state index contributed by atoms with van der Waals surface area (Å²) in [4.78, 5) is 28.4. The molecule has 152 valence electrons. The van der Waals surface area contributed by atoms with Crippen LogP contribution in [0, 0.1) is 12.7 Å². The van der Waals surface area contributed by atoms with E-state index in [9.17, 15) is 14.0 Å². The summed E-state index contributed by atoms with van der Waals surface area (Å²) in [6.45, 7) is 1.41. The topological polar surface area (TPSA) is 87.2 Å². The zero-order valence-electron chi connectivity index (χ0n) is 15.8. The van der Waals surface area contributed by atoms with Gasteiger partial charge >= 0.3 is 11.7 Å². The van der Waals surface area contributed by atoms with Crippen LogP contribution in [0.5, 0.6) is 0 Å². The van der Waals surface area contributed by atoms with E-state index in [2.05, 4.69) is 10.1 Å². The molecule has 30 heavy (non-hydrogen) atoms. The van der Waals surface area contributed by atoms with Crippen molar-refractivity contribution in [3.8, 4) is 11.5 Å². The van der Waals surface area contributed by atoms with Crippen LogP contribution in [-0.4, -0.2) is 20.7 Å². The summed E-state index contributed by atoms with van der Waals surface area (Å²) in [5.41, 5.74) is 2.76. The molecule has 0 fully saturated rings. The van der Waals surface area contributed by atoms with Gasteiger partial charge in [0, 0.05) is 16.5 Å². The van der Waals surface area contributed by atoms with Crippen molar-refractivity contribution < 1.29 is 18.3 Å². The number of aryl methyl sites for hydroxylation is 1. The molecule has 4 aromatic rings. The van der Waals surface area contributed by atoms with Gasteiger partial charge in [-0.25, -0.2) is 14.2 Å². The SMILES string of the molecule is Cc1ccc2cc(COC(=O)Cn3nc(-c4ccc(F)cc4)oc3=O)c(Cl)nc2c1. The van der Waals surface area contributed by atoms with E-state index in [1.165, 1.54) is 24.3 Å². The van der Waals surface area contributed by atoms with Crippen molar-refractivity contribution >= 4 is 28.5 Å². The number of halogens is 2. The molecule has 0 atom stereocenters. The van der Waals surface area contributed by atoms with Crippen LogP contribution in [0.2, 0.25) is 5.15 Å². The van der Waals surface area contributed by atoms with Crippen LogP contribution in [0.3, 0.4) is 0 Å². The van der Waals surface area contributed by atoms with Gasteiger partial charge in [-0.3, -0.25) is 4.79 Å². The molecule has 9 heteroatoms. The van der Waals surface area contributed by atoms with Gasteiger partial charge in [0.1, 0.15) is 24.1 Å². The Morgan fingerprint density at radius 3 is 2.73 bits per heavy atom. The van der Waals surface area contributed by atoms with Crippen LogP contribution in [0.4, 0.5) is 4.39 Å². The fourth-order valence-corrected chi connectivity index (χ4v) is 3.04. The Labute approximate surface area is 174 Å². The molecule has 0 bridgehead atoms. The molecule has 2 heterocycles. The standard InChI is InChI=1S/C21H15ClFN3O4/c1-12-2-3-14-9-15(19(22)24-17(14)8-12)11-29-18(27)10-26-21(28)30-20(25-26)13-4-6-16(23)7-5-13/h2-9H,10-11H2,1H3. The summed E-state index contributed by atoms with van der Waals surface area (Å²) < 4.78 is 24.1. The third kappa shape index (κ3) is 4.23. The van der Waals surface area contributed by atoms with E-state index in [0.717, 1.165) is 21.1 Å². The van der Waals surface area contributed by atoms with Crippen molar-refractivity contribution in [3.05, 3.63) is 81.2 Å². The minimum absolute atomic E-state index is 0.0233. The molecule has 0 N–H and O–H groups in total. The first-order valence-corrected chi connectivity index (χ1v) is 9.32. The monoisotopic (exact) mass is 427 g/mol. The highest BCUT2D eigenvalue weighted by atomic mass is 35.5. The van der Waals surface area contributed by atoms with Crippen molar-refractivity contribution in [1.82, 2.24) is 14.8 Å². The number of pyridine rings is 1. The highest BCUT2D eigenvalue weighted by molar-refractivity contribution is 6.30. The summed E-state index contributed by atoms with van der Waals surface area (Å²) in [6, 6.07) is 12.8. The number of aromatic nitrogens is 3. The van der Waals surface area contributed by atoms with E-state index in [4.69, 9.17) is 20.8 Å². The second-order valence-electron chi connectivity index (χ2n) is 6.63. The van der Waals surface area contributed by atoms with Crippen molar-refractivity contribution in [2.45, 2.75) is 20.1 Å². The van der Waals surface area contributed by atoms with E-state index in [1.807, 2.05) is 25.1 Å². The number of hydrogen-bond acceptors (Lipinski definition) is 6. The highest BCUT2D eigenvalue weighted by Gasteiger charge is 2.15. The molecule has 4 rings (SSSR count). The molecule has 0 aliphatic heterocycles. The molecule has 0 unspecified atom stereocenters. The lowest BCUT2D eigenvalue weighted by molar-refractivity contribution is -0.146. The van der Waals surface area contributed by atoms with Gasteiger partial charge in [-0.1, -0.05) is 23.7 Å². The number of carbonyl (C=O) groups excluding carboxylic acids is 1. The third-order valence-electron chi connectivity index (χ3n) is 4.36. The van der Waals surface area contributed by atoms with Gasteiger partial charge in [-0.05, 0) is 48.9 Å². The van der Waals surface area contributed by atoms with Crippen LogP contribution < -0.4 is 5.76 Å². The maximum atomic E-state index is 13.0. The molecule has 2 aromatic carbocycles. The second kappa shape index (κ2) is 8.08. The van der Waals surface area contributed by atoms with Crippen LogP contribution in [-0.2, 0) is 22.7 Å².